The van der Waals surface area contributed by atoms with Gasteiger partial charge in [0.15, 0.2) is 0 Å². The van der Waals surface area contributed by atoms with Gasteiger partial charge in [0, 0.05) is 24.3 Å². The molecular formula is C21H28N2O3S. The number of sulfonamides is 1. The second-order valence-electron chi connectivity index (χ2n) is 6.50. The van der Waals surface area contributed by atoms with E-state index in [2.05, 4.69) is 19.2 Å². The molecule has 0 aliphatic heterocycles. The zero-order valence-corrected chi connectivity index (χ0v) is 17.2. The van der Waals surface area contributed by atoms with Crippen molar-refractivity contribution in [1.82, 2.24) is 4.31 Å². The van der Waals surface area contributed by atoms with Gasteiger partial charge in [-0.05, 0) is 54.3 Å². The number of nitrogens with zero attached hydrogens (tertiary/aromatic N) is 1. The fourth-order valence-corrected chi connectivity index (χ4v) is 4.28. The highest BCUT2D eigenvalue weighted by Gasteiger charge is 2.21. The summed E-state index contributed by atoms with van der Waals surface area (Å²) in [5.74, 6) is 0.216. The Labute approximate surface area is 162 Å². The molecule has 1 N–H and O–H groups in total. The third-order valence-corrected chi connectivity index (χ3v) is 6.87. The van der Waals surface area contributed by atoms with Gasteiger partial charge in [-0.15, -0.1) is 0 Å². The smallest absolute Gasteiger partial charge is 0.255 e. The van der Waals surface area contributed by atoms with Crippen LogP contribution in [0.25, 0.3) is 0 Å². The lowest BCUT2D eigenvalue weighted by Gasteiger charge is -2.18. The van der Waals surface area contributed by atoms with Crippen LogP contribution in [0.5, 0.6) is 0 Å². The van der Waals surface area contributed by atoms with Crippen LogP contribution in [0.2, 0.25) is 0 Å². The minimum Gasteiger partial charge on any atom is -0.322 e. The second kappa shape index (κ2) is 9.15. The summed E-state index contributed by atoms with van der Waals surface area (Å²) < 4.78 is 26.4. The lowest BCUT2D eigenvalue weighted by atomic mass is 9.98. The number of carbonyl (C=O) groups is 1. The predicted octanol–water partition coefficient (Wildman–Crippen LogP) is 4.48. The van der Waals surface area contributed by atoms with Gasteiger partial charge in [-0.2, -0.15) is 4.31 Å². The molecule has 5 nitrogen and oxygen atoms in total. The number of benzene rings is 2. The number of rotatable bonds is 8. The van der Waals surface area contributed by atoms with Gasteiger partial charge >= 0.3 is 0 Å². The first kappa shape index (κ1) is 21.1. The number of hydrogen-bond acceptors (Lipinski definition) is 3. The molecule has 0 saturated heterocycles. The average molecular weight is 389 g/mol. The van der Waals surface area contributed by atoms with Crippen LogP contribution in [0.3, 0.4) is 0 Å². The molecular weight excluding hydrogens is 360 g/mol. The largest absolute Gasteiger partial charge is 0.322 e. The van der Waals surface area contributed by atoms with Gasteiger partial charge in [-0.3, -0.25) is 4.79 Å². The third kappa shape index (κ3) is 4.96. The molecule has 0 aromatic heterocycles. The number of anilines is 1. The molecule has 2 rings (SSSR count). The number of hydrogen-bond donors (Lipinski definition) is 1. The maximum absolute atomic E-state index is 12.5. The summed E-state index contributed by atoms with van der Waals surface area (Å²) in [7, 11) is -3.52. The Balaban J connectivity index is 2.12. The molecule has 27 heavy (non-hydrogen) atoms. The minimum absolute atomic E-state index is 0.195. The highest BCUT2D eigenvalue weighted by Crippen LogP contribution is 2.21. The second-order valence-corrected chi connectivity index (χ2v) is 8.44. The predicted molar refractivity (Wildman–Crippen MR) is 110 cm³/mol. The SMILES string of the molecule is CC[C@@H](C)c1ccc(NC(=O)c2ccc(S(=O)(=O)N(CC)CC)cc2)cc1. The summed E-state index contributed by atoms with van der Waals surface area (Å²) in [6.07, 6.45) is 1.06. The van der Waals surface area contributed by atoms with Gasteiger partial charge in [0.1, 0.15) is 0 Å². The minimum atomic E-state index is -3.52. The molecule has 1 atom stereocenters. The summed E-state index contributed by atoms with van der Waals surface area (Å²) in [5.41, 5.74) is 2.37. The van der Waals surface area contributed by atoms with Crippen molar-refractivity contribution in [2.24, 2.45) is 0 Å². The molecule has 0 spiro atoms. The Morgan fingerprint density at radius 3 is 2.00 bits per heavy atom. The average Bonchev–Trinajstić information content (AvgIpc) is 2.68. The Kier molecular flexibility index (Phi) is 7.16. The van der Waals surface area contributed by atoms with Crippen molar-refractivity contribution < 1.29 is 13.2 Å². The van der Waals surface area contributed by atoms with E-state index in [0.29, 0.717) is 30.3 Å². The molecule has 0 bridgehead atoms. The number of carbonyl (C=O) groups excluding carboxylic acids is 1. The van der Waals surface area contributed by atoms with E-state index >= 15 is 0 Å². The molecule has 1 amide bonds. The highest BCUT2D eigenvalue weighted by molar-refractivity contribution is 7.89. The van der Waals surface area contributed by atoms with Crippen LogP contribution in [-0.2, 0) is 10.0 Å². The van der Waals surface area contributed by atoms with E-state index < -0.39 is 10.0 Å². The van der Waals surface area contributed by atoms with E-state index in [-0.39, 0.29) is 10.8 Å². The van der Waals surface area contributed by atoms with Crippen LogP contribution < -0.4 is 5.32 Å². The van der Waals surface area contributed by atoms with E-state index in [1.807, 2.05) is 24.3 Å². The highest BCUT2D eigenvalue weighted by atomic mass is 32.2. The fraction of sp³-hybridized carbons (Fsp3) is 0.381. The maximum Gasteiger partial charge on any atom is 0.255 e. The van der Waals surface area contributed by atoms with Crippen molar-refractivity contribution in [1.29, 1.82) is 0 Å². The van der Waals surface area contributed by atoms with Crippen LogP contribution in [0.4, 0.5) is 5.69 Å². The van der Waals surface area contributed by atoms with Gasteiger partial charge in [-0.1, -0.05) is 39.8 Å². The standard InChI is InChI=1S/C21H28N2O3S/c1-5-16(4)17-8-12-19(13-9-17)22-21(24)18-10-14-20(15-11-18)27(25,26)23(6-2)7-3/h8-16H,5-7H2,1-4H3,(H,22,24)/t16-/m1/s1. The van der Waals surface area contributed by atoms with Gasteiger partial charge in [-0.25, -0.2) is 8.42 Å². The molecule has 0 unspecified atom stereocenters. The molecule has 146 valence electrons. The lowest BCUT2D eigenvalue weighted by Crippen LogP contribution is -2.30. The molecule has 0 heterocycles. The van der Waals surface area contributed by atoms with Gasteiger partial charge in [0.2, 0.25) is 10.0 Å². The van der Waals surface area contributed by atoms with Crippen LogP contribution in [0.1, 0.15) is 56.0 Å². The maximum atomic E-state index is 12.5. The molecule has 2 aromatic carbocycles. The molecule has 0 aliphatic carbocycles. The summed E-state index contributed by atoms with van der Waals surface area (Å²) in [6, 6.07) is 13.9. The summed E-state index contributed by atoms with van der Waals surface area (Å²) >= 11 is 0. The van der Waals surface area contributed by atoms with Gasteiger partial charge in [0.05, 0.1) is 4.90 Å². The Morgan fingerprint density at radius 2 is 1.52 bits per heavy atom. The van der Waals surface area contributed by atoms with Crippen LogP contribution in [0.15, 0.2) is 53.4 Å². The van der Waals surface area contributed by atoms with Crippen molar-refractivity contribution in [3.63, 3.8) is 0 Å². The lowest BCUT2D eigenvalue weighted by molar-refractivity contribution is 0.102. The molecule has 0 aliphatic rings. The third-order valence-electron chi connectivity index (χ3n) is 4.81. The first-order chi connectivity index (χ1) is 12.8. The molecule has 0 fully saturated rings. The van der Waals surface area contributed by atoms with Crippen molar-refractivity contribution in [2.45, 2.75) is 44.9 Å². The van der Waals surface area contributed by atoms with Crippen LogP contribution in [-0.4, -0.2) is 31.7 Å². The quantitative estimate of drug-likeness (QED) is 0.725. The molecule has 0 radical (unpaired) electrons. The van der Waals surface area contributed by atoms with E-state index in [0.717, 1.165) is 6.42 Å². The van der Waals surface area contributed by atoms with E-state index in [1.54, 1.807) is 26.0 Å². The van der Waals surface area contributed by atoms with E-state index in [1.165, 1.54) is 22.0 Å². The zero-order chi connectivity index (χ0) is 20.0. The zero-order valence-electron chi connectivity index (χ0n) is 16.4. The topological polar surface area (TPSA) is 66.5 Å². The Hall–Kier alpha value is -2.18. The Morgan fingerprint density at radius 1 is 0.963 bits per heavy atom. The molecule has 0 saturated carbocycles. The first-order valence-electron chi connectivity index (χ1n) is 9.34. The van der Waals surface area contributed by atoms with E-state index in [4.69, 9.17) is 0 Å². The van der Waals surface area contributed by atoms with Gasteiger partial charge in [0.25, 0.3) is 5.91 Å². The van der Waals surface area contributed by atoms with Crippen molar-refractivity contribution >= 4 is 21.6 Å². The normalized spacial score (nSPS) is 12.8. The van der Waals surface area contributed by atoms with Crippen LogP contribution >= 0.6 is 0 Å². The Bertz CT molecular complexity index is 855. The number of amides is 1. The van der Waals surface area contributed by atoms with Crippen molar-refractivity contribution in [2.75, 3.05) is 18.4 Å². The summed E-state index contributed by atoms with van der Waals surface area (Å²) in [5, 5.41) is 2.85. The van der Waals surface area contributed by atoms with Crippen LogP contribution in [0, 0.1) is 0 Å². The van der Waals surface area contributed by atoms with Crippen molar-refractivity contribution in [3.05, 3.63) is 59.7 Å². The molecule has 6 heteroatoms. The number of nitrogens with one attached hydrogen (secondary N) is 1. The first-order valence-corrected chi connectivity index (χ1v) is 10.8. The fourth-order valence-electron chi connectivity index (χ4n) is 2.82. The van der Waals surface area contributed by atoms with Gasteiger partial charge < -0.3 is 5.32 Å². The summed E-state index contributed by atoms with van der Waals surface area (Å²) in [6.45, 7) is 8.73. The van der Waals surface area contributed by atoms with E-state index in [9.17, 15) is 13.2 Å². The van der Waals surface area contributed by atoms with Crippen molar-refractivity contribution in [3.8, 4) is 0 Å². The monoisotopic (exact) mass is 388 g/mol. The summed E-state index contributed by atoms with van der Waals surface area (Å²) in [4.78, 5) is 12.6. The molecule has 2 aromatic rings.